The minimum absolute atomic E-state index is 0.356. The van der Waals surface area contributed by atoms with Crippen LogP contribution < -0.4 is 5.32 Å². The van der Waals surface area contributed by atoms with Crippen molar-refractivity contribution < 1.29 is 0 Å². The topological polar surface area (TPSA) is 12.0 Å². The van der Waals surface area contributed by atoms with E-state index in [-0.39, 0.29) is 0 Å². The van der Waals surface area contributed by atoms with Crippen LogP contribution >= 0.6 is 0 Å². The van der Waals surface area contributed by atoms with Crippen LogP contribution in [0.25, 0.3) is 0 Å². The molecule has 1 N–H and O–H groups in total. The van der Waals surface area contributed by atoms with Crippen LogP contribution in [0, 0.1) is 0 Å². The number of hydrogen-bond acceptors (Lipinski definition) is 1. The summed E-state index contributed by atoms with van der Waals surface area (Å²) >= 11 is 0. The summed E-state index contributed by atoms with van der Waals surface area (Å²) in [5.74, 6) is 0. The molecule has 0 radical (unpaired) electrons. The fraction of sp³-hybridized carbons (Fsp3) is 0.538. The van der Waals surface area contributed by atoms with Crippen molar-refractivity contribution >= 4 is 0 Å². The van der Waals surface area contributed by atoms with Gasteiger partial charge in [-0.25, -0.2) is 0 Å². The van der Waals surface area contributed by atoms with Gasteiger partial charge in [-0.3, -0.25) is 0 Å². The molecule has 0 saturated carbocycles. The van der Waals surface area contributed by atoms with E-state index in [1.165, 1.54) is 30.4 Å². The first-order valence-corrected chi connectivity index (χ1v) is 5.61. The van der Waals surface area contributed by atoms with Gasteiger partial charge in [-0.05, 0) is 30.4 Å². The van der Waals surface area contributed by atoms with Gasteiger partial charge in [0.15, 0.2) is 0 Å². The van der Waals surface area contributed by atoms with Gasteiger partial charge in [0, 0.05) is 12.1 Å². The van der Waals surface area contributed by atoms with Crippen LogP contribution in [0.3, 0.4) is 0 Å². The minimum atomic E-state index is 0.356. The average Bonchev–Trinajstić information content (AvgIpc) is 2.28. The van der Waals surface area contributed by atoms with Gasteiger partial charge < -0.3 is 5.32 Å². The molecule has 1 aliphatic rings. The van der Waals surface area contributed by atoms with Crippen molar-refractivity contribution in [3.63, 3.8) is 0 Å². The molecule has 1 nitrogen and oxygen atoms in total. The molecule has 0 aliphatic carbocycles. The Labute approximate surface area is 86.5 Å². The highest BCUT2D eigenvalue weighted by atomic mass is 15.0. The lowest BCUT2D eigenvalue weighted by Gasteiger charge is -2.38. The lowest BCUT2D eigenvalue weighted by atomic mass is 9.81. The summed E-state index contributed by atoms with van der Waals surface area (Å²) in [5, 5.41) is 3.69. The molecular formula is C13H19N. The Bertz CT molecular complexity index is 313. The zero-order valence-electron chi connectivity index (χ0n) is 9.14. The van der Waals surface area contributed by atoms with Gasteiger partial charge in [0.1, 0.15) is 0 Å². The first-order valence-electron chi connectivity index (χ1n) is 5.61. The Morgan fingerprint density at radius 1 is 1.14 bits per heavy atom. The van der Waals surface area contributed by atoms with Crippen molar-refractivity contribution in [1.29, 1.82) is 0 Å². The lowest BCUT2D eigenvalue weighted by Crippen LogP contribution is -2.48. The maximum Gasteiger partial charge on any atom is 0.0219 e. The maximum atomic E-state index is 3.69. The van der Waals surface area contributed by atoms with Crippen LogP contribution in [0.5, 0.6) is 0 Å². The third kappa shape index (κ3) is 1.57. The SMILES string of the molecule is CCC1(CC)Cc2ccccc2CN1. The second kappa shape index (κ2) is 3.74. The quantitative estimate of drug-likeness (QED) is 0.754. The molecule has 2 rings (SSSR count). The molecule has 76 valence electrons. The molecular weight excluding hydrogens is 170 g/mol. The van der Waals surface area contributed by atoms with E-state index in [2.05, 4.69) is 43.4 Å². The van der Waals surface area contributed by atoms with Crippen LogP contribution in [0.2, 0.25) is 0 Å². The first kappa shape index (κ1) is 9.72. The van der Waals surface area contributed by atoms with Crippen LogP contribution in [0.1, 0.15) is 37.8 Å². The van der Waals surface area contributed by atoms with E-state index in [0.29, 0.717) is 5.54 Å². The highest BCUT2D eigenvalue weighted by molar-refractivity contribution is 5.31. The molecule has 14 heavy (non-hydrogen) atoms. The number of fused-ring (bicyclic) bond motifs is 1. The summed E-state index contributed by atoms with van der Waals surface area (Å²) in [6, 6.07) is 8.79. The second-order valence-electron chi connectivity index (χ2n) is 4.29. The van der Waals surface area contributed by atoms with Gasteiger partial charge in [-0.2, -0.15) is 0 Å². The van der Waals surface area contributed by atoms with Crippen molar-refractivity contribution in [2.45, 2.75) is 45.2 Å². The molecule has 0 bridgehead atoms. The van der Waals surface area contributed by atoms with Gasteiger partial charge in [0.2, 0.25) is 0 Å². The largest absolute Gasteiger partial charge is 0.307 e. The van der Waals surface area contributed by atoms with Crippen LogP contribution in [0.15, 0.2) is 24.3 Å². The highest BCUT2D eigenvalue weighted by Crippen LogP contribution is 2.27. The van der Waals surface area contributed by atoms with Gasteiger partial charge in [0.05, 0.1) is 0 Å². The Morgan fingerprint density at radius 2 is 1.79 bits per heavy atom. The molecule has 1 heterocycles. The summed E-state index contributed by atoms with van der Waals surface area (Å²) in [4.78, 5) is 0. The summed E-state index contributed by atoms with van der Waals surface area (Å²) < 4.78 is 0. The molecule has 0 unspecified atom stereocenters. The Balaban J connectivity index is 2.28. The van der Waals surface area contributed by atoms with Crippen LogP contribution in [-0.4, -0.2) is 5.54 Å². The van der Waals surface area contributed by atoms with Crippen LogP contribution in [0.4, 0.5) is 0 Å². The molecule has 0 aromatic heterocycles. The summed E-state index contributed by atoms with van der Waals surface area (Å²) in [7, 11) is 0. The van der Waals surface area contributed by atoms with Crippen molar-refractivity contribution in [1.82, 2.24) is 5.32 Å². The molecule has 1 heteroatoms. The Hall–Kier alpha value is -0.820. The zero-order chi connectivity index (χ0) is 10.0. The van der Waals surface area contributed by atoms with Crippen molar-refractivity contribution in [3.05, 3.63) is 35.4 Å². The molecule has 0 atom stereocenters. The predicted octanol–water partition coefficient (Wildman–Crippen LogP) is 2.89. The molecule has 0 amide bonds. The molecule has 0 saturated heterocycles. The molecule has 1 aromatic rings. The fourth-order valence-electron chi connectivity index (χ4n) is 2.36. The predicted molar refractivity (Wildman–Crippen MR) is 60.3 cm³/mol. The Kier molecular flexibility index (Phi) is 2.60. The van der Waals surface area contributed by atoms with E-state index < -0.39 is 0 Å². The number of hydrogen-bond donors (Lipinski definition) is 1. The minimum Gasteiger partial charge on any atom is -0.307 e. The number of rotatable bonds is 2. The van der Waals surface area contributed by atoms with E-state index in [0.717, 1.165) is 6.54 Å². The molecule has 0 spiro atoms. The van der Waals surface area contributed by atoms with E-state index in [1.807, 2.05) is 0 Å². The van der Waals surface area contributed by atoms with Crippen molar-refractivity contribution in [2.75, 3.05) is 0 Å². The summed E-state index contributed by atoms with van der Waals surface area (Å²) in [6.07, 6.45) is 3.63. The number of benzene rings is 1. The van der Waals surface area contributed by atoms with E-state index in [9.17, 15) is 0 Å². The van der Waals surface area contributed by atoms with Gasteiger partial charge >= 0.3 is 0 Å². The highest BCUT2D eigenvalue weighted by Gasteiger charge is 2.29. The normalized spacial score (nSPS) is 19.0. The smallest absolute Gasteiger partial charge is 0.0219 e. The van der Waals surface area contributed by atoms with E-state index >= 15 is 0 Å². The monoisotopic (exact) mass is 189 g/mol. The third-order valence-corrected chi connectivity index (χ3v) is 3.65. The van der Waals surface area contributed by atoms with Crippen molar-refractivity contribution in [3.8, 4) is 0 Å². The van der Waals surface area contributed by atoms with E-state index in [1.54, 1.807) is 0 Å². The second-order valence-corrected chi connectivity index (χ2v) is 4.29. The van der Waals surface area contributed by atoms with Gasteiger partial charge in [-0.1, -0.05) is 38.1 Å². The zero-order valence-corrected chi connectivity index (χ0v) is 9.14. The van der Waals surface area contributed by atoms with Gasteiger partial charge in [0.25, 0.3) is 0 Å². The van der Waals surface area contributed by atoms with Crippen LogP contribution in [-0.2, 0) is 13.0 Å². The molecule has 0 fully saturated rings. The third-order valence-electron chi connectivity index (χ3n) is 3.65. The fourth-order valence-corrected chi connectivity index (χ4v) is 2.36. The average molecular weight is 189 g/mol. The van der Waals surface area contributed by atoms with Gasteiger partial charge in [-0.15, -0.1) is 0 Å². The lowest BCUT2D eigenvalue weighted by molar-refractivity contribution is 0.280. The standard InChI is InChI=1S/C13H19N/c1-3-13(4-2)9-11-7-5-6-8-12(11)10-14-13/h5-8,14H,3-4,9-10H2,1-2H3. The van der Waals surface area contributed by atoms with E-state index in [4.69, 9.17) is 0 Å². The molecule has 1 aromatic carbocycles. The summed E-state index contributed by atoms with van der Waals surface area (Å²) in [6.45, 7) is 5.60. The first-order chi connectivity index (χ1) is 6.79. The number of nitrogens with one attached hydrogen (secondary N) is 1. The maximum absolute atomic E-state index is 3.69. The van der Waals surface area contributed by atoms with Crippen molar-refractivity contribution in [2.24, 2.45) is 0 Å². The molecule has 1 aliphatic heterocycles. The Morgan fingerprint density at radius 3 is 2.43 bits per heavy atom. The summed E-state index contributed by atoms with van der Waals surface area (Å²) in [5.41, 5.74) is 3.37.